The topological polar surface area (TPSA) is 35.5 Å². The van der Waals surface area contributed by atoms with Gasteiger partial charge in [-0.05, 0) is 29.8 Å². The van der Waals surface area contributed by atoms with Crippen molar-refractivity contribution in [2.45, 2.75) is 20.0 Å². The molecule has 9 heavy (non-hydrogen) atoms. The average Bonchev–Trinajstić information content (AvgIpc) is 1.63. The SMILES string of the molecule is CC(C)OC(=O)OCBr. The highest BCUT2D eigenvalue weighted by Gasteiger charge is 2.03. The predicted octanol–water partition coefficient (Wildman–Crippen LogP) is 1.90. The van der Waals surface area contributed by atoms with Gasteiger partial charge in [0.05, 0.1) is 6.10 Å². The Hall–Kier alpha value is -0.250. The van der Waals surface area contributed by atoms with E-state index in [9.17, 15) is 4.79 Å². The van der Waals surface area contributed by atoms with E-state index >= 15 is 0 Å². The van der Waals surface area contributed by atoms with E-state index in [1.165, 1.54) is 0 Å². The normalized spacial score (nSPS) is 9.33. The number of halogens is 1. The monoisotopic (exact) mass is 196 g/mol. The number of rotatable bonds is 2. The van der Waals surface area contributed by atoms with Crippen molar-refractivity contribution in [2.24, 2.45) is 0 Å². The van der Waals surface area contributed by atoms with Crippen LogP contribution >= 0.6 is 15.9 Å². The molecule has 0 aromatic heterocycles. The number of carbonyl (C=O) groups excluding carboxylic acids is 1. The summed E-state index contributed by atoms with van der Waals surface area (Å²) in [4.78, 5) is 10.4. The van der Waals surface area contributed by atoms with Crippen molar-refractivity contribution >= 4 is 22.1 Å². The molecule has 0 unspecified atom stereocenters. The molecule has 0 aliphatic carbocycles. The Kier molecular flexibility index (Phi) is 4.48. The lowest BCUT2D eigenvalue weighted by Gasteiger charge is -2.05. The number of carbonyl (C=O) groups is 1. The zero-order chi connectivity index (χ0) is 7.28. The third-order valence-electron chi connectivity index (χ3n) is 0.504. The summed E-state index contributed by atoms with van der Waals surface area (Å²) in [5.41, 5.74) is 0.179. The largest absolute Gasteiger partial charge is 0.509 e. The molecule has 0 N–H and O–H groups in total. The van der Waals surface area contributed by atoms with Gasteiger partial charge in [-0.3, -0.25) is 0 Å². The maximum Gasteiger partial charge on any atom is 0.509 e. The molecule has 0 rings (SSSR count). The molecule has 0 bridgehead atoms. The molecule has 3 nitrogen and oxygen atoms in total. The average molecular weight is 197 g/mol. The van der Waals surface area contributed by atoms with Gasteiger partial charge in [-0.1, -0.05) is 0 Å². The molecule has 0 amide bonds. The number of alkyl halides is 1. The Balaban J connectivity index is 3.27. The van der Waals surface area contributed by atoms with Gasteiger partial charge in [-0.25, -0.2) is 4.79 Å². The lowest BCUT2D eigenvalue weighted by atomic mass is 10.5. The predicted molar refractivity (Wildman–Crippen MR) is 36.5 cm³/mol. The lowest BCUT2D eigenvalue weighted by molar-refractivity contribution is 0.0469. The molecule has 0 aliphatic heterocycles. The van der Waals surface area contributed by atoms with Crippen LogP contribution in [0.15, 0.2) is 0 Å². The van der Waals surface area contributed by atoms with Crippen LogP contribution in [0, 0.1) is 0 Å². The Labute approximate surface area is 62.5 Å². The summed E-state index contributed by atoms with van der Waals surface area (Å²) in [5, 5.41) is 0. The van der Waals surface area contributed by atoms with Crippen molar-refractivity contribution in [3.63, 3.8) is 0 Å². The Morgan fingerprint density at radius 1 is 1.67 bits per heavy atom. The summed E-state index contributed by atoms with van der Waals surface area (Å²) in [7, 11) is 0. The third kappa shape index (κ3) is 5.62. The van der Waals surface area contributed by atoms with Crippen LogP contribution in [-0.4, -0.2) is 17.8 Å². The Bertz CT molecular complexity index is 92.2. The lowest BCUT2D eigenvalue weighted by Crippen LogP contribution is -2.11. The zero-order valence-electron chi connectivity index (χ0n) is 5.39. The smallest absolute Gasteiger partial charge is 0.432 e. The first-order valence-corrected chi connectivity index (χ1v) is 3.68. The quantitative estimate of drug-likeness (QED) is 0.500. The molecule has 0 saturated heterocycles. The van der Waals surface area contributed by atoms with Crippen molar-refractivity contribution in [3.8, 4) is 0 Å². The van der Waals surface area contributed by atoms with Gasteiger partial charge >= 0.3 is 6.16 Å². The number of hydrogen-bond donors (Lipinski definition) is 0. The van der Waals surface area contributed by atoms with Crippen molar-refractivity contribution < 1.29 is 14.3 Å². The van der Waals surface area contributed by atoms with E-state index in [2.05, 4.69) is 25.4 Å². The molecule has 0 aromatic carbocycles. The van der Waals surface area contributed by atoms with E-state index < -0.39 is 6.16 Å². The second-order valence-corrected chi connectivity index (χ2v) is 2.13. The highest BCUT2D eigenvalue weighted by molar-refractivity contribution is 9.09. The van der Waals surface area contributed by atoms with Crippen molar-refractivity contribution in [1.29, 1.82) is 0 Å². The summed E-state index contributed by atoms with van der Waals surface area (Å²) in [5.74, 6) is 0. The molecule has 0 radical (unpaired) electrons. The molecule has 4 heteroatoms. The molecular formula is C5H9BrO3. The van der Waals surface area contributed by atoms with Gasteiger partial charge in [-0.15, -0.1) is 0 Å². The molecule has 0 aliphatic rings. The van der Waals surface area contributed by atoms with Gasteiger partial charge < -0.3 is 9.47 Å². The molecule has 0 spiro atoms. The minimum absolute atomic E-state index is 0.114. The van der Waals surface area contributed by atoms with Crippen LogP contribution < -0.4 is 0 Å². The minimum Gasteiger partial charge on any atom is -0.432 e. The molecule has 0 atom stereocenters. The second kappa shape index (κ2) is 4.61. The van der Waals surface area contributed by atoms with Gasteiger partial charge in [-0.2, -0.15) is 0 Å². The first kappa shape index (κ1) is 8.75. The fourth-order valence-corrected chi connectivity index (χ4v) is 0.458. The maximum absolute atomic E-state index is 10.4. The Morgan fingerprint density at radius 2 is 2.22 bits per heavy atom. The van der Waals surface area contributed by atoms with E-state index in [0.29, 0.717) is 0 Å². The highest BCUT2D eigenvalue weighted by atomic mass is 79.9. The molecule has 0 fully saturated rings. The summed E-state index contributed by atoms with van der Waals surface area (Å²) in [6.45, 7) is 3.52. The zero-order valence-corrected chi connectivity index (χ0v) is 6.97. The molecular weight excluding hydrogens is 188 g/mol. The van der Waals surface area contributed by atoms with Crippen LogP contribution in [0.1, 0.15) is 13.8 Å². The van der Waals surface area contributed by atoms with Crippen molar-refractivity contribution in [1.82, 2.24) is 0 Å². The van der Waals surface area contributed by atoms with E-state index in [1.807, 2.05) is 0 Å². The van der Waals surface area contributed by atoms with E-state index in [-0.39, 0.29) is 11.6 Å². The third-order valence-corrected chi connectivity index (χ3v) is 0.733. The van der Waals surface area contributed by atoms with Crippen LogP contribution in [0.2, 0.25) is 0 Å². The van der Waals surface area contributed by atoms with Crippen LogP contribution in [0.4, 0.5) is 4.79 Å². The standard InChI is InChI=1S/C5H9BrO3/c1-4(2)9-5(7)8-3-6/h4H,3H2,1-2H3. The first-order valence-electron chi connectivity index (χ1n) is 2.56. The minimum atomic E-state index is -0.637. The van der Waals surface area contributed by atoms with Gasteiger partial charge in [0.15, 0.2) is 0 Å². The summed E-state index contributed by atoms with van der Waals surface area (Å²) >= 11 is 2.92. The van der Waals surface area contributed by atoms with E-state index in [0.717, 1.165) is 0 Å². The fraction of sp³-hybridized carbons (Fsp3) is 0.800. The maximum atomic E-state index is 10.4. The van der Waals surface area contributed by atoms with Gasteiger partial charge in [0.25, 0.3) is 0 Å². The Morgan fingerprint density at radius 3 is 2.56 bits per heavy atom. The summed E-state index contributed by atoms with van der Waals surface area (Å²) in [6, 6.07) is 0. The molecule has 0 heterocycles. The number of ether oxygens (including phenoxy) is 2. The van der Waals surface area contributed by atoms with Gasteiger partial charge in [0, 0.05) is 0 Å². The van der Waals surface area contributed by atoms with E-state index in [4.69, 9.17) is 0 Å². The van der Waals surface area contributed by atoms with Crippen molar-refractivity contribution in [2.75, 3.05) is 5.52 Å². The van der Waals surface area contributed by atoms with Gasteiger partial charge in [0.2, 0.25) is 0 Å². The second-order valence-electron chi connectivity index (χ2n) is 1.67. The van der Waals surface area contributed by atoms with Crippen LogP contribution in [0.5, 0.6) is 0 Å². The molecule has 0 saturated carbocycles. The van der Waals surface area contributed by atoms with Crippen molar-refractivity contribution in [3.05, 3.63) is 0 Å². The van der Waals surface area contributed by atoms with Gasteiger partial charge in [0.1, 0.15) is 5.52 Å². The van der Waals surface area contributed by atoms with Crippen LogP contribution in [-0.2, 0) is 9.47 Å². The van der Waals surface area contributed by atoms with E-state index in [1.54, 1.807) is 13.8 Å². The molecule has 54 valence electrons. The fourth-order valence-electron chi connectivity index (χ4n) is 0.271. The summed E-state index contributed by atoms with van der Waals surface area (Å²) in [6.07, 6.45) is -0.751. The van der Waals surface area contributed by atoms with Crippen LogP contribution in [0.3, 0.4) is 0 Å². The van der Waals surface area contributed by atoms with Crippen LogP contribution in [0.25, 0.3) is 0 Å². The summed E-state index contributed by atoms with van der Waals surface area (Å²) < 4.78 is 9.01. The first-order chi connectivity index (χ1) is 4.16. The number of hydrogen-bond acceptors (Lipinski definition) is 3. The molecule has 0 aromatic rings. The highest BCUT2D eigenvalue weighted by Crippen LogP contribution is 1.93.